The van der Waals surface area contributed by atoms with Crippen LogP contribution in [0.5, 0.6) is 5.75 Å². The van der Waals surface area contributed by atoms with Gasteiger partial charge in [0, 0.05) is 5.56 Å². The molecular formula is C20H20N2O3S. The molecule has 0 heterocycles. The molecule has 3 aromatic rings. The number of sulfonamides is 1. The summed E-state index contributed by atoms with van der Waals surface area (Å²) in [6, 6.07) is 14.5. The summed E-state index contributed by atoms with van der Waals surface area (Å²) in [6.07, 6.45) is 1.33. The maximum absolute atomic E-state index is 12.6. The first-order valence-corrected chi connectivity index (χ1v) is 9.61. The van der Waals surface area contributed by atoms with Crippen LogP contribution in [0.2, 0.25) is 0 Å². The molecule has 0 amide bonds. The third-order valence-electron chi connectivity index (χ3n) is 4.19. The lowest BCUT2D eigenvalue weighted by Crippen LogP contribution is -2.20. The highest BCUT2D eigenvalue weighted by Crippen LogP contribution is 2.25. The molecule has 0 bridgehead atoms. The first-order valence-electron chi connectivity index (χ1n) is 8.13. The third kappa shape index (κ3) is 3.41. The minimum Gasteiger partial charge on any atom is -0.507 e. The average Bonchev–Trinajstić information content (AvgIpc) is 2.55. The fourth-order valence-electron chi connectivity index (χ4n) is 3.22. The summed E-state index contributed by atoms with van der Waals surface area (Å²) in [6.45, 7) is 5.44. The Bertz CT molecular complexity index is 1100. The molecular weight excluding hydrogens is 348 g/mol. The van der Waals surface area contributed by atoms with Crippen molar-refractivity contribution in [3.63, 3.8) is 0 Å². The fourth-order valence-corrected chi connectivity index (χ4v) is 4.46. The lowest BCUT2D eigenvalue weighted by molar-refractivity contribution is 0.475. The van der Waals surface area contributed by atoms with Gasteiger partial charge in [-0.15, -0.1) is 0 Å². The van der Waals surface area contributed by atoms with Crippen LogP contribution in [0, 0.1) is 20.8 Å². The normalized spacial score (nSPS) is 12.0. The molecule has 0 aromatic heterocycles. The number of hydrazone groups is 1. The van der Waals surface area contributed by atoms with E-state index in [0.29, 0.717) is 16.7 Å². The lowest BCUT2D eigenvalue weighted by Gasteiger charge is -2.11. The van der Waals surface area contributed by atoms with E-state index >= 15 is 0 Å². The first-order chi connectivity index (χ1) is 12.3. The minimum absolute atomic E-state index is 0.0364. The van der Waals surface area contributed by atoms with E-state index in [1.54, 1.807) is 26.0 Å². The molecule has 0 saturated heterocycles. The van der Waals surface area contributed by atoms with E-state index in [9.17, 15) is 13.5 Å². The van der Waals surface area contributed by atoms with Gasteiger partial charge in [-0.05, 0) is 48.7 Å². The van der Waals surface area contributed by atoms with Gasteiger partial charge < -0.3 is 5.11 Å². The molecule has 134 valence electrons. The molecule has 6 heteroatoms. The van der Waals surface area contributed by atoms with E-state index in [4.69, 9.17) is 0 Å². The second-order valence-electron chi connectivity index (χ2n) is 6.30. The van der Waals surface area contributed by atoms with Crippen LogP contribution in [0.15, 0.2) is 58.5 Å². The van der Waals surface area contributed by atoms with Crippen molar-refractivity contribution in [3.8, 4) is 5.75 Å². The Morgan fingerprint density at radius 2 is 1.65 bits per heavy atom. The van der Waals surface area contributed by atoms with E-state index in [1.807, 2.05) is 43.3 Å². The maximum Gasteiger partial charge on any atom is 0.277 e. The molecule has 2 N–H and O–H groups in total. The number of aryl methyl sites for hydroxylation is 3. The maximum atomic E-state index is 12.6. The summed E-state index contributed by atoms with van der Waals surface area (Å²) in [7, 11) is -3.80. The highest BCUT2D eigenvalue weighted by molar-refractivity contribution is 7.89. The van der Waals surface area contributed by atoms with Crippen molar-refractivity contribution < 1.29 is 13.5 Å². The van der Waals surface area contributed by atoms with E-state index < -0.39 is 10.0 Å². The molecule has 0 saturated carbocycles. The third-order valence-corrected chi connectivity index (χ3v) is 5.71. The molecule has 0 radical (unpaired) electrons. The molecule has 0 spiro atoms. The van der Waals surface area contributed by atoms with E-state index in [0.717, 1.165) is 16.3 Å². The number of hydrogen-bond donors (Lipinski definition) is 2. The van der Waals surface area contributed by atoms with Crippen molar-refractivity contribution in [2.75, 3.05) is 0 Å². The number of fused-ring (bicyclic) bond motifs is 1. The number of hydrogen-bond acceptors (Lipinski definition) is 4. The summed E-state index contributed by atoms with van der Waals surface area (Å²) < 4.78 is 25.3. The van der Waals surface area contributed by atoms with Gasteiger partial charge in [0.05, 0.1) is 11.1 Å². The summed E-state index contributed by atoms with van der Waals surface area (Å²) in [5.74, 6) is 0.0364. The quantitative estimate of drug-likeness (QED) is 0.543. The number of nitrogens with zero attached hydrogens (tertiary/aromatic N) is 1. The van der Waals surface area contributed by atoms with Crippen LogP contribution < -0.4 is 4.83 Å². The topological polar surface area (TPSA) is 78.8 Å². The molecule has 3 aromatic carbocycles. The predicted octanol–water partition coefficient (Wildman–Crippen LogP) is 3.78. The fraction of sp³-hybridized carbons (Fsp3) is 0.150. The molecule has 0 aliphatic rings. The smallest absolute Gasteiger partial charge is 0.277 e. The highest BCUT2D eigenvalue weighted by Gasteiger charge is 2.19. The SMILES string of the molecule is Cc1cc(C)c(S(=O)(=O)N/N=C/c2c(O)ccc3ccccc23)c(C)c1. The second kappa shape index (κ2) is 6.80. The van der Waals surface area contributed by atoms with Crippen molar-refractivity contribution >= 4 is 27.0 Å². The number of aromatic hydroxyl groups is 1. The van der Waals surface area contributed by atoms with Gasteiger partial charge in [-0.1, -0.05) is 48.0 Å². The average molecular weight is 368 g/mol. The molecule has 0 fully saturated rings. The Morgan fingerprint density at radius 1 is 1.00 bits per heavy atom. The largest absolute Gasteiger partial charge is 0.507 e. The number of nitrogens with one attached hydrogen (secondary N) is 1. The van der Waals surface area contributed by atoms with Crippen LogP contribution in [-0.4, -0.2) is 19.7 Å². The van der Waals surface area contributed by atoms with Crippen molar-refractivity contribution in [3.05, 3.63) is 70.8 Å². The van der Waals surface area contributed by atoms with Crippen molar-refractivity contribution in [2.24, 2.45) is 5.10 Å². The van der Waals surface area contributed by atoms with Gasteiger partial charge in [-0.25, -0.2) is 4.83 Å². The minimum atomic E-state index is -3.80. The predicted molar refractivity (Wildman–Crippen MR) is 104 cm³/mol. The summed E-state index contributed by atoms with van der Waals surface area (Å²) >= 11 is 0. The van der Waals surface area contributed by atoms with Crippen LogP contribution in [0.1, 0.15) is 22.3 Å². The Hall–Kier alpha value is -2.86. The number of phenolic OH excluding ortho intramolecular Hbond substituents is 1. The van der Waals surface area contributed by atoms with Gasteiger partial charge in [0.15, 0.2) is 0 Å². The first kappa shape index (κ1) is 17.9. The van der Waals surface area contributed by atoms with Crippen molar-refractivity contribution in [2.45, 2.75) is 25.7 Å². The van der Waals surface area contributed by atoms with E-state index in [2.05, 4.69) is 9.93 Å². The summed E-state index contributed by atoms with van der Waals surface area (Å²) in [5.41, 5.74) is 2.79. The van der Waals surface area contributed by atoms with Gasteiger partial charge in [0.25, 0.3) is 10.0 Å². The van der Waals surface area contributed by atoms with Gasteiger partial charge >= 0.3 is 0 Å². The number of rotatable bonds is 4. The zero-order valence-corrected chi connectivity index (χ0v) is 15.6. The molecule has 5 nitrogen and oxygen atoms in total. The zero-order chi connectivity index (χ0) is 18.9. The monoisotopic (exact) mass is 368 g/mol. The van der Waals surface area contributed by atoms with Crippen LogP contribution in [-0.2, 0) is 10.0 Å². The van der Waals surface area contributed by atoms with Gasteiger partial charge in [-0.2, -0.15) is 13.5 Å². The Labute approximate surface area is 153 Å². The van der Waals surface area contributed by atoms with E-state index in [1.165, 1.54) is 6.21 Å². The molecule has 3 rings (SSSR count). The van der Waals surface area contributed by atoms with Crippen molar-refractivity contribution in [1.29, 1.82) is 0 Å². The molecule has 0 aliphatic heterocycles. The number of phenols is 1. The Balaban J connectivity index is 1.96. The van der Waals surface area contributed by atoms with Crippen LogP contribution >= 0.6 is 0 Å². The zero-order valence-electron chi connectivity index (χ0n) is 14.8. The highest BCUT2D eigenvalue weighted by atomic mass is 32.2. The van der Waals surface area contributed by atoms with Crippen LogP contribution in [0.3, 0.4) is 0 Å². The second-order valence-corrected chi connectivity index (χ2v) is 7.90. The Morgan fingerprint density at radius 3 is 2.35 bits per heavy atom. The summed E-state index contributed by atoms with van der Waals surface area (Å²) in [4.78, 5) is 2.47. The number of benzene rings is 3. The van der Waals surface area contributed by atoms with Gasteiger partial charge in [0.1, 0.15) is 5.75 Å². The lowest BCUT2D eigenvalue weighted by atomic mass is 10.0. The molecule has 26 heavy (non-hydrogen) atoms. The Kier molecular flexibility index (Phi) is 4.70. The van der Waals surface area contributed by atoms with Crippen LogP contribution in [0.25, 0.3) is 10.8 Å². The molecule has 0 atom stereocenters. The standard InChI is InChI=1S/C20H20N2O3S/c1-13-10-14(2)20(15(3)11-13)26(24,25)22-21-12-18-17-7-5-4-6-16(17)8-9-19(18)23/h4-12,22-23H,1-3H3/b21-12+. The molecule has 0 unspecified atom stereocenters. The molecule has 0 aliphatic carbocycles. The van der Waals surface area contributed by atoms with Crippen molar-refractivity contribution in [1.82, 2.24) is 4.83 Å². The van der Waals surface area contributed by atoms with Gasteiger partial charge in [0.2, 0.25) is 0 Å². The summed E-state index contributed by atoms with van der Waals surface area (Å²) in [5, 5.41) is 15.7. The van der Waals surface area contributed by atoms with Crippen LogP contribution in [0.4, 0.5) is 0 Å². The van der Waals surface area contributed by atoms with Gasteiger partial charge in [-0.3, -0.25) is 0 Å². The van der Waals surface area contributed by atoms with E-state index in [-0.39, 0.29) is 10.6 Å².